The summed E-state index contributed by atoms with van der Waals surface area (Å²) in [7, 11) is 1.75. The number of morpholine rings is 1. The first-order valence-electron chi connectivity index (χ1n) is 13.6. The van der Waals surface area contributed by atoms with Crippen LogP contribution in [0.25, 0.3) is 10.2 Å². The first-order valence-corrected chi connectivity index (χ1v) is 14.4. The van der Waals surface area contributed by atoms with Crippen molar-refractivity contribution in [3.8, 4) is 5.75 Å². The number of nitrogens with two attached hydrogens (primary N) is 1. The summed E-state index contributed by atoms with van der Waals surface area (Å²) < 4.78 is 48.5. The molecule has 2 aliphatic heterocycles. The normalized spacial score (nSPS) is 19.5. The van der Waals surface area contributed by atoms with E-state index >= 15 is 0 Å². The van der Waals surface area contributed by atoms with Crippen molar-refractivity contribution in [2.45, 2.75) is 32.0 Å². The molecule has 16 heteroatoms. The SMILES string of the molecule is CCN(CC)c1cc2c(cc1C(=O)O)NC(Nc1nc3ccc(OC(F)(F)F)cc3s1)(C(C(N)=O)N1CCOCC1)N2C. The van der Waals surface area contributed by atoms with Gasteiger partial charge in [-0.15, -0.1) is 13.2 Å². The van der Waals surface area contributed by atoms with Crippen LogP contribution in [0.2, 0.25) is 0 Å². The van der Waals surface area contributed by atoms with E-state index in [1.54, 1.807) is 18.0 Å². The Bertz CT molecular complexity index is 1530. The van der Waals surface area contributed by atoms with E-state index in [0.717, 1.165) is 11.3 Å². The molecule has 1 aromatic heterocycles. The second-order valence-corrected chi connectivity index (χ2v) is 11.1. The maximum atomic E-state index is 13.3. The van der Waals surface area contributed by atoms with Crippen molar-refractivity contribution in [2.75, 3.05) is 66.9 Å². The Labute approximate surface area is 249 Å². The lowest BCUT2D eigenvalue weighted by Gasteiger charge is -2.47. The Hall–Kier alpha value is -4.02. The minimum Gasteiger partial charge on any atom is -0.478 e. The monoisotopic (exact) mass is 623 g/mol. The standard InChI is InChI=1S/C27H32F3N7O5S/c1-4-36(5-2)19-14-20-18(13-16(19)24(39)40)33-26(35(20)3,22(23(31)38)37-8-10-41-11-9-37)34-25-32-17-7-6-15(12-21(17)43-25)42-27(28,29)30/h6-7,12-14,22,33H,4-5,8-11H2,1-3H3,(H2,31,38)(H,32,34)(H,39,40). The van der Waals surface area contributed by atoms with Crippen LogP contribution in [0.4, 0.5) is 35.4 Å². The average Bonchev–Trinajstić information content (AvgIpc) is 3.45. The summed E-state index contributed by atoms with van der Waals surface area (Å²) in [4.78, 5) is 35.7. The number of benzene rings is 2. The van der Waals surface area contributed by atoms with Gasteiger partial charge in [-0.1, -0.05) is 11.3 Å². The van der Waals surface area contributed by atoms with Gasteiger partial charge in [-0.05, 0) is 38.1 Å². The van der Waals surface area contributed by atoms with E-state index < -0.39 is 30.1 Å². The van der Waals surface area contributed by atoms with E-state index in [1.165, 1.54) is 24.3 Å². The maximum absolute atomic E-state index is 13.3. The van der Waals surface area contributed by atoms with Crippen LogP contribution >= 0.6 is 11.3 Å². The molecule has 5 N–H and O–H groups in total. The summed E-state index contributed by atoms with van der Waals surface area (Å²) in [6, 6.07) is 6.10. The molecule has 232 valence electrons. The minimum atomic E-state index is -4.85. The molecule has 0 saturated carbocycles. The van der Waals surface area contributed by atoms with E-state index in [9.17, 15) is 27.9 Å². The molecule has 2 aliphatic rings. The number of carboxylic acid groups (broad SMARTS) is 1. The number of amides is 1. The fourth-order valence-electron chi connectivity index (χ4n) is 5.67. The number of hydrogen-bond donors (Lipinski definition) is 4. The fraction of sp³-hybridized carbons (Fsp3) is 0.444. The predicted molar refractivity (Wildman–Crippen MR) is 157 cm³/mol. The number of carbonyl (C=O) groups is 2. The molecule has 1 amide bonds. The second-order valence-electron chi connectivity index (χ2n) is 10.1. The number of nitrogens with zero attached hydrogens (tertiary/aromatic N) is 4. The molecule has 3 heterocycles. The van der Waals surface area contributed by atoms with Crippen LogP contribution in [0.1, 0.15) is 24.2 Å². The number of alkyl halides is 3. The number of aromatic nitrogens is 1. The van der Waals surface area contributed by atoms with Gasteiger partial charge < -0.3 is 40.7 Å². The lowest BCUT2D eigenvalue weighted by Crippen LogP contribution is -2.72. The fourth-order valence-corrected chi connectivity index (χ4v) is 6.62. The van der Waals surface area contributed by atoms with Crippen molar-refractivity contribution in [1.29, 1.82) is 0 Å². The number of primary amides is 1. The van der Waals surface area contributed by atoms with Crippen LogP contribution in [0.15, 0.2) is 30.3 Å². The van der Waals surface area contributed by atoms with Crippen molar-refractivity contribution in [1.82, 2.24) is 9.88 Å². The van der Waals surface area contributed by atoms with E-state index in [1.807, 2.05) is 23.6 Å². The minimum absolute atomic E-state index is 0.0818. The zero-order chi connectivity index (χ0) is 31.1. The third-order valence-corrected chi connectivity index (χ3v) is 8.56. The largest absolute Gasteiger partial charge is 0.573 e. The summed E-state index contributed by atoms with van der Waals surface area (Å²) in [5, 5.41) is 17.0. The molecular formula is C27H32F3N7O5S. The number of carbonyl (C=O) groups excluding carboxylic acids is 1. The van der Waals surface area contributed by atoms with Crippen molar-refractivity contribution in [3.63, 3.8) is 0 Å². The van der Waals surface area contributed by atoms with E-state index in [4.69, 9.17) is 10.5 Å². The molecule has 2 atom stereocenters. The van der Waals surface area contributed by atoms with Crippen molar-refractivity contribution >= 4 is 55.6 Å². The van der Waals surface area contributed by atoms with Gasteiger partial charge in [-0.3, -0.25) is 9.69 Å². The van der Waals surface area contributed by atoms with Crippen molar-refractivity contribution < 1.29 is 37.3 Å². The molecule has 5 rings (SSSR count). The van der Waals surface area contributed by atoms with Gasteiger partial charge in [0.15, 0.2) is 11.2 Å². The van der Waals surface area contributed by atoms with Crippen LogP contribution in [0, 0.1) is 0 Å². The summed E-state index contributed by atoms with van der Waals surface area (Å²) in [5.74, 6) is -3.63. The summed E-state index contributed by atoms with van der Waals surface area (Å²) >= 11 is 1.07. The van der Waals surface area contributed by atoms with E-state index in [0.29, 0.717) is 66.7 Å². The summed E-state index contributed by atoms with van der Waals surface area (Å²) in [6.07, 6.45) is -4.85. The predicted octanol–water partition coefficient (Wildman–Crippen LogP) is 3.55. The first-order chi connectivity index (χ1) is 20.4. The Balaban J connectivity index is 1.63. The Morgan fingerprint density at radius 1 is 1.26 bits per heavy atom. The highest BCUT2D eigenvalue weighted by Gasteiger charge is 2.54. The van der Waals surface area contributed by atoms with Crippen molar-refractivity contribution in [3.05, 3.63) is 35.9 Å². The van der Waals surface area contributed by atoms with E-state index in [2.05, 4.69) is 20.4 Å². The second kappa shape index (κ2) is 11.6. The number of fused-ring (bicyclic) bond motifs is 2. The summed E-state index contributed by atoms with van der Waals surface area (Å²) in [5.41, 5.74) is 8.13. The number of ether oxygens (including phenoxy) is 2. The molecule has 12 nitrogen and oxygen atoms in total. The van der Waals surface area contributed by atoms with Gasteiger partial charge in [0.05, 0.1) is 46.1 Å². The number of aromatic carboxylic acids is 1. The first kappa shape index (κ1) is 30.4. The number of nitrogens with one attached hydrogen (secondary N) is 2. The van der Waals surface area contributed by atoms with Gasteiger partial charge in [-0.25, -0.2) is 9.78 Å². The number of anilines is 4. The van der Waals surface area contributed by atoms with Crippen LogP contribution in [0.3, 0.4) is 0 Å². The quantitative estimate of drug-likeness (QED) is 0.263. The molecule has 0 bridgehead atoms. The highest BCUT2D eigenvalue weighted by molar-refractivity contribution is 7.22. The number of thiazole rings is 1. The Morgan fingerprint density at radius 2 is 1.95 bits per heavy atom. The third-order valence-electron chi connectivity index (χ3n) is 7.63. The number of halogens is 3. The van der Waals surface area contributed by atoms with Gasteiger partial charge in [0.1, 0.15) is 5.75 Å². The van der Waals surface area contributed by atoms with Crippen LogP contribution in [-0.2, 0) is 9.53 Å². The van der Waals surface area contributed by atoms with Gasteiger partial charge in [-0.2, -0.15) is 0 Å². The zero-order valence-corrected chi connectivity index (χ0v) is 24.5. The lowest BCUT2D eigenvalue weighted by atomic mass is 10.0. The molecule has 2 aromatic carbocycles. The smallest absolute Gasteiger partial charge is 0.478 e. The molecule has 0 radical (unpaired) electrons. The molecule has 1 fully saturated rings. The molecule has 0 spiro atoms. The molecule has 2 unspecified atom stereocenters. The topological polar surface area (TPSA) is 146 Å². The Kier molecular flexibility index (Phi) is 8.20. The van der Waals surface area contributed by atoms with Crippen LogP contribution in [-0.4, -0.2) is 91.5 Å². The molecule has 0 aliphatic carbocycles. The third kappa shape index (κ3) is 5.81. The Morgan fingerprint density at radius 3 is 2.56 bits per heavy atom. The lowest BCUT2D eigenvalue weighted by molar-refractivity contribution is -0.274. The zero-order valence-electron chi connectivity index (χ0n) is 23.7. The van der Waals surface area contributed by atoms with Gasteiger partial charge in [0.25, 0.3) is 0 Å². The number of carboxylic acids is 1. The molecular weight excluding hydrogens is 591 g/mol. The molecule has 3 aromatic rings. The van der Waals surface area contributed by atoms with Gasteiger partial charge in [0.2, 0.25) is 11.7 Å². The molecule has 43 heavy (non-hydrogen) atoms. The van der Waals surface area contributed by atoms with Crippen LogP contribution < -0.4 is 30.9 Å². The molecule has 1 saturated heterocycles. The van der Waals surface area contributed by atoms with Crippen molar-refractivity contribution in [2.24, 2.45) is 5.73 Å². The van der Waals surface area contributed by atoms with Gasteiger partial charge in [0, 0.05) is 39.3 Å². The maximum Gasteiger partial charge on any atom is 0.573 e. The number of hydrogen-bond acceptors (Lipinski definition) is 11. The highest BCUT2D eigenvalue weighted by Crippen LogP contribution is 2.46. The summed E-state index contributed by atoms with van der Waals surface area (Å²) in [6.45, 7) is 6.52. The highest BCUT2D eigenvalue weighted by atomic mass is 32.1. The number of likely N-dealkylation sites (N-methyl/N-ethyl adjacent to an activating group) is 1. The van der Waals surface area contributed by atoms with Crippen LogP contribution in [0.5, 0.6) is 5.75 Å². The van der Waals surface area contributed by atoms with Gasteiger partial charge >= 0.3 is 12.3 Å². The van der Waals surface area contributed by atoms with E-state index in [-0.39, 0.29) is 16.4 Å². The average molecular weight is 624 g/mol. The number of rotatable bonds is 10.